The highest BCUT2D eigenvalue weighted by Gasteiger charge is 2.31. The van der Waals surface area contributed by atoms with Gasteiger partial charge in [0.15, 0.2) is 0 Å². The van der Waals surface area contributed by atoms with E-state index in [0.29, 0.717) is 58.8 Å². The second-order valence-corrected chi connectivity index (χ2v) is 13.2. The van der Waals surface area contributed by atoms with E-state index < -0.39 is 12.4 Å². The number of hydrogen-bond donors (Lipinski definition) is 2. The Kier molecular flexibility index (Phi) is 8.85. The molecule has 6 rings (SSSR count). The van der Waals surface area contributed by atoms with E-state index in [4.69, 9.17) is 0 Å². The number of fused-ring (bicyclic) bond motifs is 1. The topological polar surface area (TPSA) is 95.6 Å². The average Bonchev–Trinajstić information content (AvgIpc) is 3.34. The lowest BCUT2D eigenvalue weighted by Crippen LogP contribution is -2.41. The standard InChI is InChI=1S/C36H43FN6O3/c1-22(2)14-31-23(3)15-33-36(46)43(13-12-42(31)33)32-18-27(37)17-28(29(32)21-44)26-16-30(35(45)41(5)20-26)39-34-7-6-25(19-38-34)24-8-10-40(4)11-9-24/h6-7,15-20,22,24,44H,8-14,21H2,1-5H3,(H,38,39). The molecule has 1 fully saturated rings. The number of carbonyl (C=O) groups excluding carboxylic acids is 1. The molecule has 3 aromatic heterocycles. The van der Waals surface area contributed by atoms with Crippen molar-refractivity contribution in [3.63, 3.8) is 0 Å². The third kappa shape index (κ3) is 6.11. The molecule has 5 heterocycles. The Morgan fingerprint density at radius 1 is 1.04 bits per heavy atom. The van der Waals surface area contributed by atoms with Crippen LogP contribution in [0.1, 0.15) is 65.5 Å². The van der Waals surface area contributed by atoms with Gasteiger partial charge >= 0.3 is 0 Å². The molecule has 1 amide bonds. The summed E-state index contributed by atoms with van der Waals surface area (Å²) in [7, 11) is 3.77. The number of likely N-dealkylation sites (tertiary alicyclic amines) is 1. The molecule has 2 aliphatic rings. The van der Waals surface area contributed by atoms with Gasteiger partial charge in [-0.15, -0.1) is 0 Å². The molecule has 0 aliphatic carbocycles. The zero-order valence-corrected chi connectivity index (χ0v) is 27.3. The average molecular weight is 627 g/mol. The van der Waals surface area contributed by atoms with Crippen LogP contribution in [0.5, 0.6) is 0 Å². The van der Waals surface area contributed by atoms with Crippen LogP contribution in [0.15, 0.2) is 53.6 Å². The van der Waals surface area contributed by atoms with Crippen molar-refractivity contribution in [2.45, 2.75) is 59.1 Å². The van der Waals surface area contributed by atoms with Crippen LogP contribution in [0.4, 0.5) is 21.6 Å². The van der Waals surface area contributed by atoms with Crippen LogP contribution in [0.2, 0.25) is 0 Å². The maximum absolute atomic E-state index is 15.3. The Morgan fingerprint density at radius 2 is 1.80 bits per heavy atom. The minimum atomic E-state index is -0.540. The van der Waals surface area contributed by atoms with Gasteiger partial charge in [0.05, 0.1) is 12.3 Å². The molecular formula is C36H43FN6O3. The normalized spacial score (nSPS) is 15.9. The lowest BCUT2D eigenvalue weighted by Gasteiger charge is -2.31. The van der Waals surface area contributed by atoms with Gasteiger partial charge in [0, 0.05) is 49.4 Å². The molecule has 4 aromatic rings. The molecule has 0 atom stereocenters. The van der Waals surface area contributed by atoms with Crippen LogP contribution in [0, 0.1) is 18.7 Å². The molecule has 242 valence electrons. The van der Waals surface area contributed by atoms with Crippen molar-refractivity contribution in [3.8, 4) is 11.1 Å². The SMILES string of the molecule is Cc1cc2n(c1CC(C)C)CCN(c1cc(F)cc(-c3cc(Nc4ccc(C5CCN(C)CC5)cn4)c(=O)n(C)c3)c1CO)C2=O. The zero-order valence-electron chi connectivity index (χ0n) is 27.3. The molecule has 0 radical (unpaired) electrons. The van der Waals surface area contributed by atoms with Gasteiger partial charge < -0.3 is 29.4 Å². The second kappa shape index (κ2) is 12.8. The number of aryl methyl sites for hydroxylation is 2. The number of nitrogens with one attached hydrogen (secondary N) is 1. The van der Waals surface area contributed by atoms with Gasteiger partial charge in [-0.1, -0.05) is 19.9 Å². The fraction of sp³-hybridized carbons (Fsp3) is 0.417. The van der Waals surface area contributed by atoms with Crippen LogP contribution in [-0.4, -0.2) is 56.7 Å². The van der Waals surface area contributed by atoms with E-state index in [9.17, 15) is 14.7 Å². The summed E-state index contributed by atoms with van der Waals surface area (Å²) in [4.78, 5) is 35.5. The van der Waals surface area contributed by atoms with Gasteiger partial charge in [-0.25, -0.2) is 9.37 Å². The summed E-state index contributed by atoms with van der Waals surface area (Å²) in [6, 6.07) is 10.1. The molecule has 2 N–H and O–H groups in total. The highest BCUT2D eigenvalue weighted by Crippen LogP contribution is 2.36. The van der Waals surface area contributed by atoms with Crippen LogP contribution in [0.25, 0.3) is 11.1 Å². The van der Waals surface area contributed by atoms with E-state index in [0.717, 1.165) is 43.6 Å². The number of benzene rings is 1. The smallest absolute Gasteiger partial charge is 0.274 e. The van der Waals surface area contributed by atoms with Crippen molar-refractivity contribution in [1.29, 1.82) is 0 Å². The number of pyridine rings is 2. The lowest BCUT2D eigenvalue weighted by atomic mass is 9.91. The Labute approximate surface area is 269 Å². The molecule has 2 aliphatic heterocycles. The first-order chi connectivity index (χ1) is 22.0. The van der Waals surface area contributed by atoms with E-state index in [1.54, 1.807) is 24.2 Å². The van der Waals surface area contributed by atoms with Gasteiger partial charge in [0.1, 0.15) is 23.0 Å². The van der Waals surface area contributed by atoms with Crippen LogP contribution < -0.4 is 15.8 Å². The number of hydrogen-bond acceptors (Lipinski definition) is 6. The third-order valence-electron chi connectivity index (χ3n) is 9.41. The molecule has 0 bridgehead atoms. The molecule has 1 aromatic carbocycles. The molecule has 0 spiro atoms. The molecule has 10 heteroatoms. The Hall–Kier alpha value is -4.28. The molecule has 1 saturated heterocycles. The minimum Gasteiger partial charge on any atom is -0.392 e. The maximum atomic E-state index is 15.3. The van der Waals surface area contributed by atoms with Gasteiger partial charge in [-0.2, -0.15) is 0 Å². The Morgan fingerprint density at radius 3 is 2.48 bits per heavy atom. The number of aliphatic hydroxyl groups excluding tert-OH is 1. The highest BCUT2D eigenvalue weighted by atomic mass is 19.1. The summed E-state index contributed by atoms with van der Waals surface area (Å²) in [5, 5.41) is 13.8. The number of amides is 1. The van der Waals surface area contributed by atoms with Gasteiger partial charge in [0.25, 0.3) is 11.5 Å². The molecule has 9 nitrogen and oxygen atoms in total. The van der Waals surface area contributed by atoms with Gasteiger partial charge in [-0.05, 0) is 105 Å². The summed E-state index contributed by atoms with van der Waals surface area (Å²) in [5.41, 5.74) is 5.65. The first kappa shape index (κ1) is 31.7. The molecule has 0 unspecified atom stereocenters. The van der Waals surface area contributed by atoms with Gasteiger partial charge in [0.2, 0.25) is 0 Å². The predicted octanol–water partition coefficient (Wildman–Crippen LogP) is 5.60. The molecule has 46 heavy (non-hydrogen) atoms. The summed E-state index contributed by atoms with van der Waals surface area (Å²) in [6.45, 7) is 8.95. The van der Waals surface area contributed by atoms with E-state index in [-0.39, 0.29) is 17.2 Å². The first-order valence-electron chi connectivity index (χ1n) is 16.1. The largest absolute Gasteiger partial charge is 0.392 e. The Balaban J connectivity index is 1.32. The van der Waals surface area contributed by atoms with E-state index >= 15 is 4.39 Å². The number of nitrogens with zero attached hydrogens (tertiary/aromatic N) is 5. The van der Waals surface area contributed by atoms with Crippen molar-refractivity contribution in [3.05, 3.63) is 93.0 Å². The van der Waals surface area contributed by atoms with Crippen molar-refractivity contribution in [1.82, 2.24) is 19.0 Å². The number of rotatable bonds is 8. The van der Waals surface area contributed by atoms with Crippen LogP contribution in [-0.2, 0) is 26.6 Å². The Bertz CT molecular complexity index is 1820. The zero-order chi connectivity index (χ0) is 32.7. The molecule has 0 saturated carbocycles. The summed E-state index contributed by atoms with van der Waals surface area (Å²) >= 11 is 0. The first-order valence-corrected chi connectivity index (χ1v) is 16.1. The number of aliphatic hydroxyl groups is 1. The van der Waals surface area contributed by atoms with Crippen molar-refractivity contribution in [2.24, 2.45) is 13.0 Å². The predicted molar refractivity (Wildman–Crippen MR) is 179 cm³/mol. The maximum Gasteiger partial charge on any atom is 0.274 e. The van der Waals surface area contributed by atoms with Gasteiger partial charge in [-0.3, -0.25) is 9.59 Å². The van der Waals surface area contributed by atoms with E-state index in [1.165, 1.54) is 22.3 Å². The lowest BCUT2D eigenvalue weighted by molar-refractivity contribution is 0.0964. The van der Waals surface area contributed by atoms with Crippen molar-refractivity contribution in [2.75, 3.05) is 36.9 Å². The summed E-state index contributed by atoms with van der Waals surface area (Å²) in [5.74, 6) is 0.672. The number of halogens is 1. The van der Waals surface area contributed by atoms with Crippen molar-refractivity contribution >= 4 is 23.1 Å². The number of piperidine rings is 1. The third-order valence-corrected chi connectivity index (χ3v) is 9.41. The van der Waals surface area contributed by atoms with Crippen LogP contribution in [0.3, 0.4) is 0 Å². The summed E-state index contributed by atoms with van der Waals surface area (Å²) in [6.07, 6.45) is 6.53. The monoisotopic (exact) mass is 626 g/mol. The fourth-order valence-corrected chi connectivity index (χ4v) is 6.92. The highest BCUT2D eigenvalue weighted by molar-refractivity contribution is 6.07. The second-order valence-electron chi connectivity index (χ2n) is 13.2. The van der Waals surface area contributed by atoms with Crippen molar-refractivity contribution < 1.29 is 14.3 Å². The van der Waals surface area contributed by atoms with E-state index in [2.05, 4.69) is 46.7 Å². The van der Waals surface area contributed by atoms with Crippen LogP contribution >= 0.6 is 0 Å². The molecular weight excluding hydrogens is 583 g/mol. The number of anilines is 3. The number of aromatic nitrogens is 3. The number of carbonyl (C=O) groups is 1. The minimum absolute atomic E-state index is 0.229. The van der Waals surface area contributed by atoms with E-state index in [1.807, 2.05) is 25.3 Å². The fourth-order valence-electron chi connectivity index (χ4n) is 6.92. The quantitative estimate of drug-likeness (QED) is 0.265. The summed E-state index contributed by atoms with van der Waals surface area (Å²) < 4.78 is 18.8.